The summed E-state index contributed by atoms with van der Waals surface area (Å²) in [4.78, 5) is 9.36. The van der Waals surface area contributed by atoms with E-state index in [4.69, 9.17) is 0 Å². The van der Waals surface area contributed by atoms with Gasteiger partial charge in [0.2, 0.25) is 0 Å². The van der Waals surface area contributed by atoms with Crippen molar-refractivity contribution in [2.45, 2.75) is 26.7 Å². The van der Waals surface area contributed by atoms with Crippen LogP contribution in [0.3, 0.4) is 0 Å². The molecule has 2 rings (SSSR count). The van der Waals surface area contributed by atoms with E-state index in [1.165, 1.54) is 0 Å². The van der Waals surface area contributed by atoms with Crippen molar-refractivity contribution in [3.05, 3.63) is 38.0 Å². The van der Waals surface area contributed by atoms with Crippen LogP contribution in [0.4, 0.5) is 5.82 Å². The average molecular weight is 446 g/mol. The number of aryl methyl sites for hydroxylation is 1. The van der Waals surface area contributed by atoms with Gasteiger partial charge in [-0.15, -0.1) is 0 Å². The molecule has 0 aliphatic rings. The summed E-state index contributed by atoms with van der Waals surface area (Å²) < 4.78 is 2.19. The van der Waals surface area contributed by atoms with E-state index in [0.29, 0.717) is 0 Å². The molecule has 0 atom stereocenters. The van der Waals surface area contributed by atoms with Crippen molar-refractivity contribution in [2.75, 3.05) is 11.9 Å². The van der Waals surface area contributed by atoms with Gasteiger partial charge in [0.25, 0.3) is 0 Å². The van der Waals surface area contributed by atoms with Crippen molar-refractivity contribution >= 4 is 44.3 Å². The van der Waals surface area contributed by atoms with Gasteiger partial charge in [-0.25, -0.2) is 9.97 Å². The van der Waals surface area contributed by atoms with Gasteiger partial charge in [0.05, 0.1) is 9.26 Å². The SMILES string of the molecule is CCCNc1nc(-c2ccc(Br)cc2)nc(CC)c1I. The van der Waals surface area contributed by atoms with E-state index < -0.39 is 0 Å². The molecular formula is C15H17BrIN3. The summed E-state index contributed by atoms with van der Waals surface area (Å²) in [5.74, 6) is 1.73. The number of halogens is 2. The monoisotopic (exact) mass is 445 g/mol. The molecule has 0 saturated carbocycles. The van der Waals surface area contributed by atoms with E-state index in [1.54, 1.807) is 0 Å². The number of nitrogens with one attached hydrogen (secondary N) is 1. The van der Waals surface area contributed by atoms with E-state index in [2.05, 4.69) is 67.7 Å². The zero-order valence-corrected chi connectivity index (χ0v) is 15.3. The number of nitrogens with zero attached hydrogens (tertiary/aromatic N) is 2. The van der Waals surface area contributed by atoms with Crippen LogP contribution in [-0.4, -0.2) is 16.5 Å². The van der Waals surface area contributed by atoms with Gasteiger partial charge in [0.15, 0.2) is 5.82 Å². The predicted molar refractivity (Wildman–Crippen MR) is 96.0 cm³/mol. The minimum atomic E-state index is 0.786. The highest BCUT2D eigenvalue weighted by molar-refractivity contribution is 14.1. The Hall–Kier alpha value is -0.690. The quantitative estimate of drug-likeness (QED) is 0.665. The summed E-state index contributed by atoms with van der Waals surface area (Å²) in [6.07, 6.45) is 1.99. The van der Waals surface area contributed by atoms with Crippen LogP contribution in [-0.2, 0) is 6.42 Å². The first kappa shape index (κ1) is 15.7. The average Bonchev–Trinajstić information content (AvgIpc) is 2.47. The number of hydrogen-bond donors (Lipinski definition) is 1. The molecule has 0 amide bonds. The first-order chi connectivity index (χ1) is 9.65. The first-order valence-electron chi connectivity index (χ1n) is 6.72. The van der Waals surface area contributed by atoms with E-state index >= 15 is 0 Å². The van der Waals surface area contributed by atoms with Crippen molar-refractivity contribution in [2.24, 2.45) is 0 Å². The fourth-order valence-corrected chi connectivity index (χ4v) is 2.89. The normalized spacial score (nSPS) is 10.6. The molecule has 0 fully saturated rings. The lowest BCUT2D eigenvalue weighted by atomic mass is 10.2. The lowest BCUT2D eigenvalue weighted by Gasteiger charge is -2.12. The zero-order valence-electron chi connectivity index (χ0n) is 11.6. The van der Waals surface area contributed by atoms with Crippen LogP contribution in [0.15, 0.2) is 28.7 Å². The standard InChI is InChI=1S/C15H17BrIN3/c1-3-9-18-15-13(17)12(4-2)19-14(20-15)10-5-7-11(16)8-6-10/h5-8H,3-4,9H2,1-2H3,(H,18,19,20). The fourth-order valence-electron chi connectivity index (χ4n) is 1.82. The molecular weight excluding hydrogens is 429 g/mol. The zero-order chi connectivity index (χ0) is 14.5. The van der Waals surface area contributed by atoms with Crippen LogP contribution in [0.1, 0.15) is 26.0 Å². The van der Waals surface area contributed by atoms with Gasteiger partial charge in [0.1, 0.15) is 5.82 Å². The number of anilines is 1. The highest BCUT2D eigenvalue weighted by Gasteiger charge is 2.12. The molecule has 0 radical (unpaired) electrons. The van der Waals surface area contributed by atoms with Gasteiger partial charge in [0, 0.05) is 16.6 Å². The molecule has 1 aromatic heterocycles. The molecule has 1 aromatic carbocycles. The van der Waals surface area contributed by atoms with E-state index in [9.17, 15) is 0 Å². The Labute approximate surface area is 141 Å². The van der Waals surface area contributed by atoms with Gasteiger partial charge in [-0.3, -0.25) is 0 Å². The number of aromatic nitrogens is 2. The van der Waals surface area contributed by atoms with E-state index in [-0.39, 0.29) is 0 Å². The molecule has 0 aliphatic carbocycles. The highest BCUT2D eigenvalue weighted by Crippen LogP contribution is 2.25. The van der Waals surface area contributed by atoms with Crippen molar-refractivity contribution in [3.8, 4) is 11.4 Å². The van der Waals surface area contributed by atoms with Crippen molar-refractivity contribution < 1.29 is 0 Å². The Balaban J connectivity index is 2.44. The summed E-state index contributed by atoms with van der Waals surface area (Å²) >= 11 is 5.78. The maximum absolute atomic E-state index is 4.69. The van der Waals surface area contributed by atoms with Gasteiger partial charge >= 0.3 is 0 Å². The van der Waals surface area contributed by atoms with Crippen molar-refractivity contribution in [1.82, 2.24) is 9.97 Å². The first-order valence-corrected chi connectivity index (χ1v) is 8.59. The van der Waals surface area contributed by atoms with Crippen LogP contribution in [0.25, 0.3) is 11.4 Å². The predicted octanol–water partition coefficient (Wildman–Crippen LogP) is 4.90. The third-order valence-corrected chi connectivity index (χ3v) is 4.56. The molecule has 0 bridgehead atoms. The second-order valence-electron chi connectivity index (χ2n) is 4.44. The van der Waals surface area contributed by atoms with Crippen LogP contribution >= 0.6 is 38.5 Å². The van der Waals surface area contributed by atoms with E-state index in [0.717, 1.165) is 50.3 Å². The molecule has 0 aliphatic heterocycles. The van der Waals surface area contributed by atoms with Gasteiger partial charge in [-0.2, -0.15) is 0 Å². The number of hydrogen-bond acceptors (Lipinski definition) is 3. The van der Waals surface area contributed by atoms with Crippen LogP contribution in [0.2, 0.25) is 0 Å². The van der Waals surface area contributed by atoms with Crippen LogP contribution < -0.4 is 5.32 Å². The minimum Gasteiger partial charge on any atom is -0.369 e. The number of rotatable bonds is 5. The fraction of sp³-hybridized carbons (Fsp3) is 0.333. The minimum absolute atomic E-state index is 0.786. The second-order valence-corrected chi connectivity index (χ2v) is 6.44. The van der Waals surface area contributed by atoms with Crippen molar-refractivity contribution in [3.63, 3.8) is 0 Å². The molecule has 5 heteroatoms. The third kappa shape index (κ3) is 3.69. The lowest BCUT2D eigenvalue weighted by molar-refractivity contribution is 0.943. The molecule has 1 heterocycles. The Morgan fingerprint density at radius 2 is 1.85 bits per heavy atom. The largest absolute Gasteiger partial charge is 0.369 e. The number of benzene rings is 1. The van der Waals surface area contributed by atoms with Crippen LogP contribution in [0, 0.1) is 3.57 Å². The molecule has 0 spiro atoms. The summed E-state index contributed by atoms with van der Waals surface area (Å²) in [7, 11) is 0. The van der Waals surface area contributed by atoms with Gasteiger partial charge in [-0.05, 0) is 47.6 Å². The second kappa shape index (κ2) is 7.36. The Bertz CT molecular complexity index is 584. The Kier molecular flexibility index (Phi) is 5.77. The molecule has 0 unspecified atom stereocenters. The summed E-state index contributed by atoms with van der Waals surface area (Å²) in [6, 6.07) is 8.10. The smallest absolute Gasteiger partial charge is 0.161 e. The lowest BCUT2D eigenvalue weighted by Crippen LogP contribution is -2.08. The van der Waals surface area contributed by atoms with Crippen LogP contribution in [0.5, 0.6) is 0 Å². The third-order valence-electron chi connectivity index (χ3n) is 2.90. The maximum Gasteiger partial charge on any atom is 0.161 e. The molecule has 0 saturated heterocycles. The van der Waals surface area contributed by atoms with E-state index in [1.807, 2.05) is 24.3 Å². The maximum atomic E-state index is 4.69. The Morgan fingerprint density at radius 3 is 2.45 bits per heavy atom. The summed E-state index contributed by atoms with van der Waals surface area (Å²) in [5, 5.41) is 3.39. The molecule has 2 aromatic rings. The summed E-state index contributed by atoms with van der Waals surface area (Å²) in [6.45, 7) is 5.20. The Morgan fingerprint density at radius 1 is 1.15 bits per heavy atom. The molecule has 20 heavy (non-hydrogen) atoms. The summed E-state index contributed by atoms with van der Waals surface area (Å²) in [5.41, 5.74) is 2.14. The molecule has 1 N–H and O–H groups in total. The highest BCUT2D eigenvalue weighted by atomic mass is 127. The molecule has 106 valence electrons. The van der Waals surface area contributed by atoms with Crippen molar-refractivity contribution in [1.29, 1.82) is 0 Å². The van der Waals surface area contributed by atoms with Gasteiger partial charge in [-0.1, -0.05) is 41.9 Å². The topological polar surface area (TPSA) is 37.8 Å². The van der Waals surface area contributed by atoms with Gasteiger partial charge < -0.3 is 5.32 Å². The molecule has 3 nitrogen and oxygen atoms in total.